The molecule has 1 aromatic heterocycles. The standard InChI is InChI=1S/C14H12N2O2/c1-9(17)12(10(2)18)7-11-8-15-13-5-3-4-6-14(13)16-11/h3-8H,1-2H3. The summed E-state index contributed by atoms with van der Waals surface area (Å²) in [5.41, 5.74) is 2.16. The SMILES string of the molecule is CC(=O)C(=Cc1cnc2ccccc2n1)C(C)=O. The Balaban J connectivity index is 2.51. The molecule has 0 spiro atoms. The summed E-state index contributed by atoms with van der Waals surface area (Å²) in [6.07, 6.45) is 3.03. The Labute approximate surface area is 104 Å². The van der Waals surface area contributed by atoms with E-state index in [1.54, 1.807) is 6.20 Å². The number of ketones is 2. The van der Waals surface area contributed by atoms with Crippen LogP contribution in [0.25, 0.3) is 17.1 Å². The molecule has 2 rings (SSSR count). The van der Waals surface area contributed by atoms with E-state index < -0.39 is 0 Å². The smallest absolute Gasteiger partial charge is 0.163 e. The molecule has 18 heavy (non-hydrogen) atoms. The number of hydrogen-bond donors (Lipinski definition) is 0. The first kappa shape index (κ1) is 12.1. The molecule has 0 radical (unpaired) electrons. The lowest BCUT2D eigenvalue weighted by atomic mass is 10.1. The average molecular weight is 240 g/mol. The van der Waals surface area contributed by atoms with E-state index >= 15 is 0 Å². The topological polar surface area (TPSA) is 59.9 Å². The van der Waals surface area contributed by atoms with Gasteiger partial charge in [0.25, 0.3) is 0 Å². The second-order valence-electron chi connectivity index (χ2n) is 3.95. The van der Waals surface area contributed by atoms with Gasteiger partial charge in [-0.05, 0) is 32.1 Å². The molecular weight excluding hydrogens is 228 g/mol. The van der Waals surface area contributed by atoms with Crippen molar-refractivity contribution < 1.29 is 9.59 Å². The Hall–Kier alpha value is -2.36. The number of nitrogens with zero attached hydrogens (tertiary/aromatic N) is 2. The van der Waals surface area contributed by atoms with Crippen LogP contribution in [0.15, 0.2) is 36.0 Å². The summed E-state index contributed by atoms with van der Waals surface area (Å²) < 4.78 is 0. The summed E-state index contributed by atoms with van der Waals surface area (Å²) in [4.78, 5) is 31.2. The summed E-state index contributed by atoms with van der Waals surface area (Å²) in [6, 6.07) is 7.43. The third kappa shape index (κ3) is 2.48. The van der Waals surface area contributed by atoms with Gasteiger partial charge in [0.15, 0.2) is 11.6 Å². The van der Waals surface area contributed by atoms with Crippen molar-refractivity contribution in [3.05, 3.63) is 41.7 Å². The molecule has 90 valence electrons. The minimum atomic E-state index is -0.266. The highest BCUT2D eigenvalue weighted by molar-refractivity contribution is 6.21. The molecule has 4 heteroatoms. The van der Waals surface area contributed by atoms with Crippen LogP contribution < -0.4 is 0 Å². The molecule has 0 aliphatic rings. The summed E-state index contributed by atoms with van der Waals surface area (Å²) in [5, 5.41) is 0. The number of hydrogen-bond acceptors (Lipinski definition) is 4. The molecule has 1 aromatic carbocycles. The predicted octanol–water partition coefficient (Wildman–Crippen LogP) is 2.19. The van der Waals surface area contributed by atoms with Gasteiger partial charge in [-0.15, -0.1) is 0 Å². The zero-order valence-corrected chi connectivity index (χ0v) is 10.2. The molecule has 0 aliphatic carbocycles. The number of allylic oxidation sites excluding steroid dienone is 1. The monoisotopic (exact) mass is 240 g/mol. The minimum absolute atomic E-state index is 0.139. The normalized spacial score (nSPS) is 10.1. The molecule has 0 saturated heterocycles. The van der Waals surface area contributed by atoms with Crippen molar-refractivity contribution in [3.63, 3.8) is 0 Å². The number of rotatable bonds is 3. The summed E-state index contributed by atoms with van der Waals surface area (Å²) in [6.45, 7) is 2.73. The molecule has 2 aromatic rings. The van der Waals surface area contributed by atoms with Gasteiger partial charge in [-0.2, -0.15) is 0 Å². The van der Waals surface area contributed by atoms with E-state index in [2.05, 4.69) is 9.97 Å². The van der Waals surface area contributed by atoms with Gasteiger partial charge in [-0.1, -0.05) is 12.1 Å². The van der Waals surface area contributed by atoms with E-state index in [1.807, 2.05) is 24.3 Å². The van der Waals surface area contributed by atoms with E-state index in [9.17, 15) is 9.59 Å². The highest BCUT2D eigenvalue weighted by atomic mass is 16.1. The zero-order chi connectivity index (χ0) is 13.1. The number of fused-ring (bicyclic) bond motifs is 1. The molecule has 0 unspecified atom stereocenters. The largest absolute Gasteiger partial charge is 0.294 e. The van der Waals surface area contributed by atoms with Gasteiger partial charge >= 0.3 is 0 Å². The molecule has 1 heterocycles. The fourth-order valence-electron chi connectivity index (χ4n) is 1.64. The van der Waals surface area contributed by atoms with Crippen molar-refractivity contribution in [1.82, 2.24) is 9.97 Å². The van der Waals surface area contributed by atoms with Crippen LogP contribution in [0.2, 0.25) is 0 Å². The lowest BCUT2D eigenvalue weighted by molar-refractivity contribution is -0.119. The lowest BCUT2D eigenvalue weighted by Crippen LogP contribution is -2.06. The quantitative estimate of drug-likeness (QED) is 0.468. The molecule has 0 atom stereocenters. The first-order chi connectivity index (χ1) is 8.58. The number of Topliss-reactive ketones (excluding diaryl/α,β-unsaturated/α-hetero) is 2. The molecule has 0 amide bonds. The van der Waals surface area contributed by atoms with Crippen molar-refractivity contribution in [1.29, 1.82) is 0 Å². The maximum absolute atomic E-state index is 11.3. The molecule has 0 aliphatic heterocycles. The van der Waals surface area contributed by atoms with Gasteiger partial charge in [0.05, 0.1) is 28.5 Å². The van der Waals surface area contributed by atoms with Gasteiger partial charge in [-0.25, -0.2) is 4.98 Å². The Morgan fingerprint density at radius 3 is 2.28 bits per heavy atom. The first-order valence-corrected chi connectivity index (χ1v) is 5.53. The van der Waals surface area contributed by atoms with E-state index in [-0.39, 0.29) is 17.1 Å². The van der Waals surface area contributed by atoms with Crippen LogP contribution in [0.5, 0.6) is 0 Å². The van der Waals surface area contributed by atoms with Crippen LogP contribution in [-0.4, -0.2) is 21.5 Å². The maximum Gasteiger partial charge on any atom is 0.163 e. The third-order valence-electron chi connectivity index (χ3n) is 2.52. The van der Waals surface area contributed by atoms with Gasteiger partial charge in [0.2, 0.25) is 0 Å². The van der Waals surface area contributed by atoms with Crippen molar-refractivity contribution in [2.45, 2.75) is 13.8 Å². The van der Waals surface area contributed by atoms with Crippen LogP contribution in [0.1, 0.15) is 19.5 Å². The van der Waals surface area contributed by atoms with Crippen LogP contribution in [0.3, 0.4) is 0 Å². The van der Waals surface area contributed by atoms with Crippen molar-refractivity contribution >= 4 is 28.7 Å². The molecule has 0 N–H and O–H groups in total. The molecule has 0 bridgehead atoms. The number of aromatic nitrogens is 2. The summed E-state index contributed by atoms with van der Waals surface area (Å²) >= 11 is 0. The number of carbonyl (C=O) groups is 2. The second-order valence-corrected chi connectivity index (χ2v) is 3.95. The fourth-order valence-corrected chi connectivity index (χ4v) is 1.64. The molecular formula is C14H12N2O2. The Kier molecular flexibility index (Phi) is 3.28. The second kappa shape index (κ2) is 4.87. The lowest BCUT2D eigenvalue weighted by Gasteiger charge is -2.00. The minimum Gasteiger partial charge on any atom is -0.294 e. The van der Waals surface area contributed by atoms with Crippen molar-refractivity contribution in [2.24, 2.45) is 0 Å². The van der Waals surface area contributed by atoms with Crippen molar-refractivity contribution in [3.8, 4) is 0 Å². The van der Waals surface area contributed by atoms with Gasteiger partial charge in [0, 0.05) is 0 Å². The van der Waals surface area contributed by atoms with Crippen molar-refractivity contribution in [2.75, 3.05) is 0 Å². The molecule has 0 saturated carbocycles. The van der Waals surface area contributed by atoms with Gasteiger partial charge in [-0.3, -0.25) is 14.6 Å². The average Bonchev–Trinajstić information content (AvgIpc) is 2.35. The van der Waals surface area contributed by atoms with Crippen LogP contribution in [-0.2, 0) is 9.59 Å². The van der Waals surface area contributed by atoms with Gasteiger partial charge < -0.3 is 0 Å². The highest BCUT2D eigenvalue weighted by Crippen LogP contribution is 2.11. The summed E-state index contributed by atoms with van der Waals surface area (Å²) in [5.74, 6) is -0.532. The van der Waals surface area contributed by atoms with E-state index in [4.69, 9.17) is 0 Å². The van der Waals surface area contributed by atoms with E-state index in [0.717, 1.165) is 11.0 Å². The first-order valence-electron chi connectivity index (χ1n) is 5.53. The summed E-state index contributed by atoms with van der Waals surface area (Å²) in [7, 11) is 0. The maximum atomic E-state index is 11.3. The highest BCUT2D eigenvalue weighted by Gasteiger charge is 2.10. The Morgan fingerprint density at radius 2 is 1.67 bits per heavy atom. The van der Waals surface area contributed by atoms with E-state index in [1.165, 1.54) is 19.9 Å². The number of carbonyl (C=O) groups excluding carboxylic acids is 2. The van der Waals surface area contributed by atoms with Crippen LogP contribution in [0, 0.1) is 0 Å². The number of benzene rings is 1. The zero-order valence-electron chi connectivity index (χ0n) is 10.2. The van der Waals surface area contributed by atoms with E-state index in [0.29, 0.717) is 5.69 Å². The third-order valence-corrected chi connectivity index (χ3v) is 2.52. The fraction of sp³-hybridized carbons (Fsp3) is 0.143. The Morgan fingerprint density at radius 1 is 1.06 bits per heavy atom. The van der Waals surface area contributed by atoms with Crippen LogP contribution >= 0.6 is 0 Å². The number of para-hydroxylation sites is 2. The predicted molar refractivity (Wildman–Crippen MR) is 68.9 cm³/mol. The molecule has 0 fully saturated rings. The molecule has 4 nitrogen and oxygen atoms in total. The van der Waals surface area contributed by atoms with Gasteiger partial charge in [0.1, 0.15) is 0 Å². The Bertz CT molecular complexity index is 644. The van der Waals surface area contributed by atoms with Crippen LogP contribution in [0.4, 0.5) is 0 Å².